The van der Waals surface area contributed by atoms with Gasteiger partial charge >= 0.3 is 0 Å². The zero-order chi connectivity index (χ0) is 10.7. The maximum atomic E-state index is 12.9. The standard InChI is InChI=1S/C8H6ClF4N/c9-5-1-4(10)2-6(11)8(5)14-3-7(12)13/h1-2,7,14H,3H2. The van der Waals surface area contributed by atoms with Gasteiger partial charge in [0, 0.05) is 6.07 Å². The molecular formula is C8H6ClF4N. The van der Waals surface area contributed by atoms with E-state index in [1.165, 1.54) is 0 Å². The van der Waals surface area contributed by atoms with Crippen LogP contribution in [-0.2, 0) is 0 Å². The Bertz CT molecular complexity index is 306. The van der Waals surface area contributed by atoms with E-state index in [2.05, 4.69) is 5.32 Å². The molecule has 0 aliphatic rings. The van der Waals surface area contributed by atoms with E-state index < -0.39 is 24.6 Å². The van der Waals surface area contributed by atoms with Crippen LogP contribution >= 0.6 is 11.6 Å². The minimum atomic E-state index is -2.63. The second kappa shape index (κ2) is 4.50. The van der Waals surface area contributed by atoms with Crippen LogP contribution in [0.5, 0.6) is 0 Å². The van der Waals surface area contributed by atoms with Crippen molar-refractivity contribution in [3.8, 4) is 0 Å². The molecule has 0 radical (unpaired) electrons. The van der Waals surface area contributed by atoms with Crippen molar-refractivity contribution in [3.05, 3.63) is 28.8 Å². The summed E-state index contributed by atoms with van der Waals surface area (Å²) in [6.07, 6.45) is -2.63. The van der Waals surface area contributed by atoms with E-state index in [-0.39, 0.29) is 10.7 Å². The number of rotatable bonds is 3. The van der Waals surface area contributed by atoms with E-state index in [1.807, 2.05) is 0 Å². The summed E-state index contributed by atoms with van der Waals surface area (Å²) in [4.78, 5) is 0. The average molecular weight is 228 g/mol. The minimum Gasteiger partial charge on any atom is -0.376 e. The van der Waals surface area contributed by atoms with E-state index in [1.54, 1.807) is 0 Å². The van der Waals surface area contributed by atoms with E-state index in [4.69, 9.17) is 11.6 Å². The summed E-state index contributed by atoms with van der Waals surface area (Å²) in [6, 6.07) is 1.41. The number of alkyl halides is 2. The Morgan fingerprint density at radius 2 is 1.93 bits per heavy atom. The lowest BCUT2D eigenvalue weighted by Crippen LogP contribution is -2.11. The molecule has 1 aromatic carbocycles. The van der Waals surface area contributed by atoms with Crippen LogP contribution in [0.1, 0.15) is 0 Å². The van der Waals surface area contributed by atoms with E-state index in [9.17, 15) is 17.6 Å². The van der Waals surface area contributed by atoms with Gasteiger partial charge < -0.3 is 5.32 Å². The van der Waals surface area contributed by atoms with Crippen LogP contribution in [0, 0.1) is 11.6 Å². The second-order valence-electron chi connectivity index (χ2n) is 2.52. The summed E-state index contributed by atoms with van der Waals surface area (Å²) in [5.74, 6) is -1.84. The lowest BCUT2D eigenvalue weighted by Gasteiger charge is -2.08. The molecule has 1 rings (SSSR count). The molecule has 0 aliphatic carbocycles. The van der Waals surface area contributed by atoms with Gasteiger partial charge in [-0.15, -0.1) is 0 Å². The average Bonchev–Trinajstić information content (AvgIpc) is 2.01. The molecule has 0 unspecified atom stereocenters. The Morgan fingerprint density at radius 3 is 2.43 bits per heavy atom. The van der Waals surface area contributed by atoms with Crippen molar-refractivity contribution in [3.63, 3.8) is 0 Å². The summed E-state index contributed by atoms with van der Waals surface area (Å²) in [5.41, 5.74) is -0.312. The highest BCUT2D eigenvalue weighted by molar-refractivity contribution is 6.33. The van der Waals surface area contributed by atoms with Crippen molar-refractivity contribution in [2.45, 2.75) is 6.43 Å². The highest BCUT2D eigenvalue weighted by atomic mass is 35.5. The molecule has 1 aromatic rings. The molecule has 0 bridgehead atoms. The highest BCUT2D eigenvalue weighted by Gasteiger charge is 2.11. The largest absolute Gasteiger partial charge is 0.376 e. The predicted octanol–water partition coefficient (Wildman–Crippen LogP) is 3.30. The maximum absolute atomic E-state index is 12.9. The topological polar surface area (TPSA) is 12.0 Å². The van der Waals surface area contributed by atoms with Crippen LogP contribution in [0.25, 0.3) is 0 Å². The summed E-state index contributed by atoms with van der Waals surface area (Å²) in [7, 11) is 0. The first-order valence-electron chi connectivity index (χ1n) is 3.67. The van der Waals surface area contributed by atoms with Crippen LogP contribution in [0.3, 0.4) is 0 Å². The summed E-state index contributed by atoms with van der Waals surface area (Å²) in [6.45, 7) is -0.734. The fourth-order valence-corrected chi connectivity index (χ4v) is 1.15. The zero-order valence-electron chi connectivity index (χ0n) is 6.83. The molecule has 1 nitrogen and oxygen atoms in total. The van der Waals surface area contributed by atoms with Gasteiger partial charge in [-0.1, -0.05) is 11.6 Å². The van der Waals surface area contributed by atoms with Crippen molar-refractivity contribution in [1.29, 1.82) is 0 Å². The molecule has 0 heterocycles. The Kier molecular flexibility index (Phi) is 3.57. The number of hydrogen-bond acceptors (Lipinski definition) is 1. The SMILES string of the molecule is Fc1cc(F)c(NCC(F)F)c(Cl)c1. The van der Waals surface area contributed by atoms with Gasteiger partial charge in [-0.2, -0.15) is 0 Å². The second-order valence-corrected chi connectivity index (χ2v) is 2.92. The Labute approximate surface area is 82.7 Å². The summed E-state index contributed by atoms with van der Waals surface area (Å²) < 4.78 is 49.0. The van der Waals surface area contributed by atoms with E-state index in [0.717, 1.165) is 6.07 Å². The third kappa shape index (κ3) is 2.77. The molecule has 0 saturated heterocycles. The molecule has 0 amide bonds. The molecule has 0 saturated carbocycles. The van der Waals surface area contributed by atoms with Gasteiger partial charge in [0.2, 0.25) is 0 Å². The molecular weight excluding hydrogens is 222 g/mol. The number of nitrogens with one attached hydrogen (secondary N) is 1. The lowest BCUT2D eigenvalue weighted by molar-refractivity contribution is 0.163. The molecule has 0 fully saturated rings. The Morgan fingerprint density at radius 1 is 1.29 bits per heavy atom. The third-order valence-electron chi connectivity index (χ3n) is 1.44. The van der Waals surface area contributed by atoms with Crippen LogP contribution in [0.4, 0.5) is 23.2 Å². The minimum absolute atomic E-state index is 0.261. The summed E-state index contributed by atoms with van der Waals surface area (Å²) in [5, 5.41) is 1.82. The Hall–Kier alpha value is -0.970. The molecule has 1 N–H and O–H groups in total. The van der Waals surface area contributed by atoms with Crippen molar-refractivity contribution in [2.75, 3.05) is 11.9 Å². The van der Waals surface area contributed by atoms with Gasteiger partial charge in [0.25, 0.3) is 6.43 Å². The van der Waals surface area contributed by atoms with Crippen LogP contribution in [0.15, 0.2) is 12.1 Å². The number of hydrogen-bond donors (Lipinski definition) is 1. The van der Waals surface area contributed by atoms with Crippen molar-refractivity contribution in [2.24, 2.45) is 0 Å². The van der Waals surface area contributed by atoms with Gasteiger partial charge in [-0.25, -0.2) is 17.6 Å². The van der Waals surface area contributed by atoms with Gasteiger partial charge in [-0.05, 0) is 6.07 Å². The Balaban J connectivity index is 2.86. The van der Waals surface area contributed by atoms with E-state index in [0.29, 0.717) is 6.07 Å². The van der Waals surface area contributed by atoms with Gasteiger partial charge in [0.1, 0.15) is 5.82 Å². The molecule has 14 heavy (non-hydrogen) atoms. The summed E-state index contributed by atoms with van der Waals surface area (Å²) >= 11 is 5.43. The predicted molar refractivity (Wildman–Crippen MR) is 45.9 cm³/mol. The first-order valence-corrected chi connectivity index (χ1v) is 4.05. The van der Waals surface area contributed by atoms with Crippen molar-refractivity contribution < 1.29 is 17.6 Å². The normalized spacial score (nSPS) is 10.7. The highest BCUT2D eigenvalue weighted by Crippen LogP contribution is 2.26. The van der Waals surface area contributed by atoms with E-state index >= 15 is 0 Å². The van der Waals surface area contributed by atoms with Crippen LogP contribution in [0.2, 0.25) is 5.02 Å². The number of benzene rings is 1. The number of anilines is 1. The zero-order valence-corrected chi connectivity index (χ0v) is 7.58. The fraction of sp³-hybridized carbons (Fsp3) is 0.250. The van der Waals surface area contributed by atoms with Crippen molar-refractivity contribution in [1.82, 2.24) is 0 Å². The first kappa shape index (κ1) is 11.1. The molecule has 0 spiro atoms. The molecule has 0 atom stereocenters. The smallest absolute Gasteiger partial charge is 0.255 e. The molecule has 6 heteroatoms. The fourth-order valence-electron chi connectivity index (χ4n) is 0.890. The quantitative estimate of drug-likeness (QED) is 0.782. The third-order valence-corrected chi connectivity index (χ3v) is 1.74. The van der Waals surface area contributed by atoms with Crippen molar-refractivity contribution >= 4 is 17.3 Å². The number of halogens is 5. The van der Waals surface area contributed by atoms with Gasteiger partial charge in [-0.3, -0.25) is 0 Å². The molecule has 0 aromatic heterocycles. The first-order chi connectivity index (χ1) is 6.50. The van der Waals surface area contributed by atoms with Crippen LogP contribution in [-0.4, -0.2) is 13.0 Å². The maximum Gasteiger partial charge on any atom is 0.255 e. The van der Waals surface area contributed by atoms with Gasteiger partial charge in [0.05, 0.1) is 17.3 Å². The van der Waals surface area contributed by atoms with Crippen LogP contribution < -0.4 is 5.32 Å². The lowest BCUT2D eigenvalue weighted by atomic mass is 10.3. The molecule has 78 valence electrons. The monoisotopic (exact) mass is 227 g/mol. The molecule has 0 aliphatic heterocycles. The van der Waals surface area contributed by atoms with Gasteiger partial charge in [0.15, 0.2) is 5.82 Å².